The number of anilines is 1. The number of benzene rings is 1. The second kappa shape index (κ2) is 7.49. The molecule has 0 unspecified atom stereocenters. The monoisotopic (exact) mass is 315 g/mol. The highest BCUT2D eigenvalue weighted by Gasteiger charge is 2.09. The van der Waals surface area contributed by atoms with Crippen molar-refractivity contribution in [2.45, 2.75) is 20.3 Å². The van der Waals surface area contributed by atoms with Gasteiger partial charge in [0.05, 0.1) is 0 Å². The molecule has 1 heterocycles. The molecule has 0 radical (unpaired) electrons. The van der Waals surface area contributed by atoms with Crippen LogP contribution in [0.15, 0.2) is 36.4 Å². The number of hydrogen-bond acceptors (Lipinski definition) is 3. The van der Waals surface area contributed by atoms with Crippen molar-refractivity contribution < 1.29 is 14.0 Å². The molecule has 2 amide bonds. The Morgan fingerprint density at radius 1 is 1.17 bits per heavy atom. The SMILES string of the molecule is Cc1cccc(NC(=O)CCNC(=O)c2ccc(F)c(C)c2)n1. The minimum atomic E-state index is -0.355. The molecule has 0 aliphatic rings. The van der Waals surface area contributed by atoms with Crippen molar-refractivity contribution >= 4 is 17.6 Å². The summed E-state index contributed by atoms with van der Waals surface area (Å²) in [6, 6.07) is 9.47. The zero-order valence-electron chi connectivity index (χ0n) is 13.0. The zero-order valence-corrected chi connectivity index (χ0v) is 13.0. The summed E-state index contributed by atoms with van der Waals surface area (Å²) >= 11 is 0. The highest BCUT2D eigenvalue weighted by atomic mass is 19.1. The number of hydrogen-bond donors (Lipinski definition) is 2. The predicted octanol–water partition coefficient (Wildman–Crippen LogP) is 2.60. The number of pyridine rings is 1. The average Bonchev–Trinajstić information content (AvgIpc) is 2.50. The normalized spacial score (nSPS) is 10.2. The highest BCUT2D eigenvalue weighted by Crippen LogP contribution is 2.09. The molecular weight excluding hydrogens is 297 g/mol. The molecule has 5 nitrogen and oxygen atoms in total. The van der Waals surface area contributed by atoms with Gasteiger partial charge in [-0.15, -0.1) is 0 Å². The number of carbonyl (C=O) groups excluding carboxylic acids is 2. The van der Waals surface area contributed by atoms with Crippen LogP contribution in [0, 0.1) is 19.7 Å². The number of amides is 2. The summed E-state index contributed by atoms with van der Waals surface area (Å²) in [7, 11) is 0. The lowest BCUT2D eigenvalue weighted by atomic mass is 10.1. The summed E-state index contributed by atoms with van der Waals surface area (Å²) < 4.78 is 13.2. The fourth-order valence-electron chi connectivity index (χ4n) is 2.00. The quantitative estimate of drug-likeness (QED) is 0.891. The molecule has 0 aliphatic heterocycles. The molecule has 2 rings (SSSR count). The smallest absolute Gasteiger partial charge is 0.251 e. The lowest BCUT2D eigenvalue weighted by Gasteiger charge is -2.07. The first-order valence-corrected chi connectivity index (χ1v) is 7.23. The molecule has 0 fully saturated rings. The number of carbonyl (C=O) groups is 2. The van der Waals surface area contributed by atoms with Crippen molar-refractivity contribution in [3.05, 3.63) is 59.0 Å². The summed E-state index contributed by atoms with van der Waals surface area (Å²) in [5.41, 5.74) is 1.58. The fraction of sp³-hybridized carbons (Fsp3) is 0.235. The molecule has 23 heavy (non-hydrogen) atoms. The standard InChI is InChI=1S/C17H18FN3O2/c1-11-10-13(6-7-14(11)18)17(23)19-9-8-16(22)21-15-5-3-4-12(2)20-15/h3-7,10H,8-9H2,1-2H3,(H,19,23)(H,20,21,22). The van der Waals surface area contributed by atoms with Crippen molar-refractivity contribution in [1.82, 2.24) is 10.3 Å². The second-order valence-electron chi connectivity index (χ2n) is 5.18. The maximum Gasteiger partial charge on any atom is 0.251 e. The third-order valence-corrected chi connectivity index (χ3v) is 3.21. The number of nitrogens with zero attached hydrogens (tertiary/aromatic N) is 1. The van der Waals surface area contributed by atoms with E-state index in [1.807, 2.05) is 13.0 Å². The van der Waals surface area contributed by atoms with Gasteiger partial charge < -0.3 is 10.6 Å². The van der Waals surface area contributed by atoms with E-state index in [9.17, 15) is 14.0 Å². The van der Waals surface area contributed by atoms with Crippen LogP contribution in [-0.2, 0) is 4.79 Å². The Balaban J connectivity index is 1.81. The van der Waals surface area contributed by atoms with E-state index in [1.165, 1.54) is 18.2 Å². The molecule has 1 aromatic heterocycles. The summed E-state index contributed by atoms with van der Waals surface area (Å²) in [6.45, 7) is 3.61. The Bertz CT molecular complexity index is 732. The maximum absolute atomic E-state index is 13.2. The van der Waals surface area contributed by atoms with Gasteiger partial charge in [-0.3, -0.25) is 9.59 Å². The minimum Gasteiger partial charge on any atom is -0.352 e. The van der Waals surface area contributed by atoms with E-state index in [1.54, 1.807) is 19.1 Å². The molecule has 6 heteroatoms. The number of aromatic nitrogens is 1. The Morgan fingerprint density at radius 3 is 2.65 bits per heavy atom. The average molecular weight is 315 g/mol. The van der Waals surface area contributed by atoms with E-state index in [0.29, 0.717) is 16.9 Å². The lowest BCUT2D eigenvalue weighted by molar-refractivity contribution is -0.116. The zero-order chi connectivity index (χ0) is 16.8. The van der Waals surface area contributed by atoms with Crippen LogP contribution < -0.4 is 10.6 Å². The van der Waals surface area contributed by atoms with Crippen LogP contribution in [0.3, 0.4) is 0 Å². The first-order chi connectivity index (χ1) is 11.0. The molecule has 0 saturated carbocycles. The topological polar surface area (TPSA) is 71.1 Å². The molecule has 1 aromatic carbocycles. The van der Waals surface area contributed by atoms with E-state index in [0.717, 1.165) is 5.69 Å². The van der Waals surface area contributed by atoms with Gasteiger partial charge in [0, 0.05) is 24.2 Å². The van der Waals surface area contributed by atoms with Gasteiger partial charge in [-0.25, -0.2) is 9.37 Å². The van der Waals surface area contributed by atoms with Gasteiger partial charge in [0.25, 0.3) is 5.91 Å². The Hall–Kier alpha value is -2.76. The van der Waals surface area contributed by atoms with Crippen molar-refractivity contribution in [3.63, 3.8) is 0 Å². The minimum absolute atomic E-state index is 0.127. The molecule has 2 N–H and O–H groups in total. The van der Waals surface area contributed by atoms with E-state index >= 15 is 0 Å². The van der Waals surface area contributed by atoms with Gasteiger partial charge >= 0.3 is 0 Å². The van der Waals surface area contributed by atoms with Gasteiger partial charge in [-0.2, -0.15) is 0 Å². The molecule has 0 spiro atoms. The predicted molar refractivity (Wildman–Crippen MR) is 85.7 cm³/mol. The maximum atomic E-state index is 13.2. The largest absolute Gasteiger partial charge is 0.352 e. The summed E-state index contributed by atoms with van der Waals surface area (Å²) in [5.74, 6) is -0.449. The number of aryl methyl sites for hydroxylation is 2. The van der Waals surface area contributed by atoms with E-state index < -0.39 is 0 Å². The van der Waals surface area contributed by atoms with Gasteiger partial charge in [0.2, 0.25) is 5.91 Å². The number of halogens is 1. The van der Waals surface area contributed by atoms with Gasteiger partial charge in [-0.05, 0) is 49.7 Å². The van der Waals surface area contributed by atoms with Crippen LogP contribution in [0.1, 0.15) is 28.0 Å². The second-order valence-corrected chi connectivity index (χ2v) is 5.18. The Kier molecular flexibility index (Phi) is 5.41. The Labute approximate surface area is 133 Å². The highest BCUT2D eigenvalue weighted by molar-refractivity contribution is 5.95. The number of rotatable bonds is 5. The molecule has 2 aromatic rings. The van der Waals surface area contributed by atoms with Gasteiger partial charge in [0.1, 0.15) is 11.6 Å². The van der Waals surface area contributed by atoms with Gasteiger partial charge in [0.15, 0.2) is 0 Å². The Morgan fingerprint density at radius 2 is 1.96 bits per heavy atom. The molecule has 0 aliphatic carbocycles. The molecule has 0 atom stereocenters. The molecule has 0 bridgehead atoms. The van der Waals surface area contributed by atoms with Gasteiger partial charge in [-0.1, -0.05) is 6.07 Å². The third-order valence-electron chi connectivity index (χ3n) is 3.21. The summed E-state index contributed by atoms with van der Waals surface area (Å²) in [4.78, 5) is 27.9. The van der Waals surface area contributed by atoms with Crippen LogP contribution in [0.4, 0.5) is 10.2 Å². The molecule has 0 saturated heterocycles. The first-order valence-electron chi connectivity index (χ1n) is 7.23. The van der Waals surface area contributed by atoms with Crippen LogP contribution in [0.2, 0.25) is 0 Å². The fourth-order valence-corrected chi connectivity index (χ4v) is 2.00. The van der Waals surface area contributed by atoms with E-state index in [2.05, 4.69) is 15.6 Å². The molecule has 120 valence electrons. The van der Waals surface area contributed by atoms with Crippen molar-refractivity contribution in [2.75, 3.05) is 11.9 Å². The molecular formula is C17H18FN3O2. The van der Waals surface area contributed by atoms with Crippen LogP contribution in [-0.4, -0.2) is 23.3 Å². The first kappa shape index (κ1) is 16.6. The number of nitrogens with one attached hydrogen (secondary N) is 2. The van der Waals surface area contributed by atoms with Crippen molar-refractivity contribution in [2.24, 2.45) is 0 Å². The third kappa shape index (κ3) is 4.88. The summed E-state index contributed by atoms with van der Waals surface area (Å²) in [5, 5.41) is 5.29. The summed E-state index contributed by atoms with van der Waals surface area (Å²) in [6.07, 6.45) is 0.127. The van der Waals surface area contributed by atoms with E-state index in [-0.39, 0.29) is 30.6 Å². The lowest BCUT2D eigenvalue weighted by Crippen LogP contribution is -2.27. The van der Waals surface area contributed by atoms with Crippen LogP contribution >= 0.6 is 0 Å². The van der Waals surface area contributed by atoms with Crippen LogP contribution in [0.25, 0.3) is 0 Å². The van der Waals surface area contributed by atoms with Crippen molar-refractivity contribution in [1.29, 1.82) is 0 Å². The van der Waals surface area contributed by atoms with E-state index in [4.69, 9.17) is 0 Å². The van der Waals surface area contributed by atoms with Crippen LogP contribution in [0.5, 0.6) is 0 Å². The van der Waals surface area contributed by atoms with Crippen molar-refractivity contribution in [3.8, 4) is 0 Å².